The Morgan fingerprint density at radius 3 is 2.43 bits per heavy atom. The molecule has 0 aliphatic heterocycles. The molecular weight excluding hydrogens is 195 g/mol. The Morgan fingerprint density at radius 1 is 1.50 bits per heavy atom. The van der Waals surface area contributed by atoms with Gasteiger partial charge in [0.15, 0.2) is 0 Å². The van der Waals surface area contributed by atoms with E-state index in [1.54, 1.807) is 0 Å². The first-order valence-corrected chi connectivity index (χ1v) is 5.16. The van der Waals surface area contributed by atoms with E-state index >= 15 is 0 Å². The van der Waals surface area contributed by atoms with E-state index in [1.165, 1.54) is 18.4 Å². The van der Waals surface area contributed by atoms with Gasteiger partial charge in [-0.05, 0) is 5.41 Å². The van der Waals surface area contributed by atoms with Gasteiger partial charge in [-0.15, -0.1) is 11.3 Å². The molecule has 0 N–H and O–H groups in total. The summed E-state index contributed by atoms with van der Waals surface area (Å²) in [6, 6.07) is 1.84. The molecule has 1 aromatic rings. The summed E-state index contributed by atoms with van der Waals surface area (Å²) in [6.45, 7) is 6.25. The standard InChI is InChI=1S/C10H13BO2S/c1-10(2,3)7-5-6(11)8(14-7)9(12)13-4/h5H,1-4H3. The van der Waals surface area contributed by atoms with Crippen LogP contribution in [0.15, 0.2) is 6.07 Å². The van der Waals surface area contributed by atoms with Crippen molar-refractivity contribution in [3.05, 3.63) is 15.8 Å². The predicted octanol–water partition coefficient (Wildman–Crippen LogP) is 1.63. The molecule has 0 saturated carbocycles. The van der Waals surface area contributed by atoms with Gasteiger partial charge in [-0.2, -0.15) is 0 Å². The molecule has 0 aliphatic rings. The van der Waals surface area contributed by atoms with E-state index in [2.05, 4.69) is 25.5 Å². The molecule has 4 heteroatoms. The molecule has 0 aromatic carbocycles. The van der Waals surface area contributed by atoms with Gasteiger partial charge < -0.3 is 4.74 Å². The SMILES string of the molecule is [B]c1cc(C(C)(C)C)sc1C(=O)OC. The zero-order chi connectivity index (χ0) is 10.9. The van der Waals surface area contributed by atoms with Crippen LogP contribution in [0.2, 0.25) is 0 Å². The lowest BCUT2D eigenvalue weighted by Gasteiger charge is -2.15. The second kappa shape index (κ2) is 3.77. The van der Waals surface area contributed by atoms with Crippen molar-refractivity contribution in [3.63, 3.8) is 0 Å². The Morgan fingerprint density at radius 2 is 2.07 bits per heavy atom. The van der Waals surface area contributed by atoms with Crippen molar-refractivity contribution in [1.29, 1.82) is 0 Å². The van der Waals surface area contributed by atoms with Crippen LogP contribution in [0.4, 0.5) is 0 Å². The van der Waals surface area contributed by atoms with Crippen LogP contribution >= 0.6 is 11.3 Å². The van der Waals surface area contributed by atoms with Gasteiger partial charge in [-0.3, -0.25) is 0 Å². The third-order valence-corrected chi connectivity index (χ3v) is 3.43. The van der Waals surface area contributed by atoms with Gasteiger partial charge in [0.05, 0.1) is 7.11 Å². The summed E-state index contributed by atoms with van der Waals surface area (Å²) in [6.07, 6.45) is 0. The van der Waals surface area contributed by atoms with E-state index in [1.807, 2.05) is 6.07 Å². The molecule has 1 heterocycles. The fraction of sp³-hybridized carbons (Fsp3) is 0.500. The maximum atomic E-state index is 11.3. The van der Waals surface area contributed by atoms with Crippen LogP contribution in [-0.2, 0) is 10.2 Å². The second-order valence-electron chi connectivity index (χ2n) is 4.14. The maximum Gasteiger partial charge on any atom is 0.347 e. The molecule has 0 unspecified atom stereocenters. The first-order valence-electron chi connectivity index (χ1n) is 4.34. The van der Waals surface area contributed by atoms with E-state index in [4.69, 9.17) is 7.85 Å². The number of rotatable bonds is 1. The third kappa shape index (κ3) is 2.18. The minimum Gasteiger partial charge on any atom is -0.465 e. The molecule has 14 heavy (non-hydrogen) atoms. The van der Waals surface area contributed by atoms with E-state index in [0.717, 1.165) is 4.88 Å². The highest BCUT2D eigenvalue weighted by atomic mass is 32.1. The van der Waals surface area contributed by atoms with Gasteiger partial charge in [0.1, 0.15) is 12.7 Å². The second-order valence-corrected chi connectivity index (χ2v) is 5.19. The first kappa shape index (κ1) is 11.3. The zero-order valence-electron chi connectivity index (χ0n) is 8.88. The van der Waals surface area contributed by atoms with Crippen molar-refractivity contribution in [3.8, 4) is 0 Å². The number of hydrogen-bond donors (Lipinski definition) is 0. The normalized spacial score (nSPS) is 11.4. The van der Waals surface area contributed by atoms with E-state index in [9.17, 15) is 4.79 Å². The average Bonchev–Trinajstić information content (AvgIpc) is 2.45. The quantitative estimate of drug-likeness (QED) is 0.517. The van der Waals surface area contributed by atoms with Crippen LogP contribution in [0.1, 0.15) is 35.3 Å². The Balaban J connectivity index is 3.12. The number of ether oxygens (including phenoxy) is 1. The van der Waals surface area contributed by atoms with Crippen molar-refractivity contribution in [2.24, 2.45) is 0 Å². The number of esters is 1. The molecule has 1 rings (SSSR count). The third-order valence-electron chi connectivity index (χ3n) is 1.87. The minimum absolute atomic E-state index is 0.0189. The maximum absolute atomic E-state index is 11.3. The predicted molar refractivity (Wildman–Crippen MR) is 59.7 cm³/mol. The summed E-state index contributed by atoms with van der Waals surface area (Å²) < 4.78 is 4.63. The highest BCUT2D eigenvalue weighted by Gasteiger charge is 2.20. The lowest BCUT2D eigenvalue weighted by atomic mass is 9.90. The van der Waals surface area contributed by atoms with Gasteiger partial charge in [0.25, 0.3) is 0 Å². The van der Waals surface area contributed by atoms with Crippen molar-refractivity contribution in [1.82, 2.24) is 0 Å². The number of hydrogen-bond acceptors (Lipinski definition) is 3. The molecule has 0 atom stereocenters. The summed E-state index contributed by atoms with van der Waals surface area (Å²) in [5.74, 6) is -0.358. The molecule has 0 amide bonds. The van der Waals surface area contributed by atoms with Crippen LogP contribution in [-0.4, -0.2) is 20.9 Å². The highest BCUT2D eigenvalue weighted by molar-refractivity contribution is 7.15. The van der Waals surface area contributed by atoms with Gasteiger partial charge in [-0.25, -0.2) is 4.79 Å². The van der Waals surface area contributed by atoms with E-state index in [-0.39, 0.29) is 11.4 Å². The molecule has 0 spiro atoms. The number of methoxy groups -OCH3 is 1. The molecule has 0 aliphatic carbocycles. The van der Waals surface area contributed by atoms with Gasteiger partial charge in [0, 0.05) is 4.88 Å². The molecule has 1 aromatic heterocycles. The molecule has 2 nitrogen and oxygen atoms in total. The van der Waals surface area contributed by atoms with Crippen LogP contribution in [0.5, 0.6) is 0 Å². The lowest BCUT2D eigenvalue weighted by molar-refractivity contribution is 0.0607. The Hall–Kier alpha value is -0.765. The molecule has 0 saturated heterocycles. The molecule has 0 fully saturated rings. The molecule has 74 valence electrons. The number of carbonyl (C=O) groups excluding carboxylic acids is 1. The monoisotopic (exact) mass is 208 g/mol. The summed E-state index contributed by atoms with van der Waals surface area (Å²) >= 11 is 1.40. The summed E-state index contributed by atoms with van der Waals surface area (Å²) in [4.78, 5) is 12.9. The molecular formula is C10H13BO2S. The fourth-order valence-electron chi connectivity index (χ4n) is 1.03. The van der Waals surface area contributed by atoms with Crippen LogP contribution in [0.3, 0.4) is 0 Å². The van der Waals surface area contributed by atoms with Crippen molar-refractivity contribution in [2.75, 3.05) is 7.11 Å². The van der Waals surface area contributed by atoms with Crippen LogP contribution in [0, 0.1) is 0 Å². The van der Waals surface area contributed by atoms with Gasteiger partial charge in [-0.1, -0.05) is 32.3 Å². The molecule has 2 radical (unpaired) electrons. The van der Waals surface area contributed by atoms with Crippen LogP contribution in [0.25, 0.3) is 0 Å². The van der Waals surface area contributed by atoms with Gasteiger partial charge in [0.2, 0.25) is 0 Å². The fourth-order valence-corrected chi connectivity index (χ4v) is 2.08. The number of thiophene rings is 1. The largest absolute Gasteiger partial charge is 0.465 e. The summed E-state index contributed by atoms with van der Waals surface area (Å²) in [5, 5.41) is 0. The zero-order valence-corrected chi connectivity index (χ0v) is 9.70. The Kier molecular flexibility index (Phi) is 3.05. The Labute approximate surface area is 89.7 Å². The number of carbonyl (C=O) groups is 1. The smallest absolute Gasteiger partial charge is 0.347 e. The lowest BCUT2D eigenvalue weighted by Crippen LogP contribution is -2.12. The topological polar surface area (TPSA) is 26.3 Å². The summed E-state index contributed by atoms with van der Waals surface area (Å²) in [5.41, 5.74) is 0.525. The van der Waals surface area contributed by atoms with Gasteiger partial charge >= 0.3 is 5.97 Å². The molecule has 0 bridgehead atoms. The first-order chi connectivity index (χ1) is 6.36. The van der Waals surface area contributed by atoms with Crippen molar-refractivity contribution >= 4 is 30.6 Å². The van der Waals surface area contributed by atoms with Crippen LogP contribution < -0.4 is 5.46 Å². The van der Waals surface area contributed by atoms with Crippen molar-refractivity contribution < 1.29 is 9.53 Å². The Bertz CT molecular complexity index is 349. The minimum atomic E-state index is -0.358. The summed E-state index contributed by atoms with van der Waals surface area (Å²) in [7, 11) is 7.08. The van der Waals surface area contributed by atoms with Crippen molar-refractivity contribution in [2.45, 2.75) is 26.2 Å². The van der Waals surface area contributed by atoms with E-state index < -0.39 is 0 Å². The average molecular weight is 208 g/mol. The van der Waals surface area contributed by atoms with E-state index in [0.29, 0.717) is 10.3 Å². The highest BCUT2D eigenvalue weighted by Crippen LogP contribution is 2.28.